The Labute approximate surface area is 128 Å². The largest absolute Gasteiger partial charge is 0.393 e. The van der Waals surface area contributed by atoms with Gasteiger partial charge in [0.15, 0.2) is 0 Å². The lowest BCUT2D eigenvalue weighted by Gasteiger charge is -2.21. The van der Waals surface area contributed by atoms with Crippen LogP contribution in [0, 0.1) is 5.92 Å². The van der Waals surface area contributed by atoms with Crippen LogP contribution in [0.15, 0.2) is 12.3 Å². The monoisotopic (exact) mass is 290 g/mol. The van der Waals surface area contributed by atoms with Crippen molar-refractivity contribution >= 4 is 0 Å². The first kappa shape index (κ1) is 15.1. The SMILES string of the molecule is OC(CCC1CCCC1)Cc1ccn(C2CCCCC2)n1. The van der Waals surface area contributed by atoms with Crippen molar-refractivity contribution in [1.82, 2.24) is 9.78 Å². The minimum Gasteiger partial charge on any atom is -0.393 e. The van der Waals surface area contributed by atoms with Gasteiger partial charge in [-0.1, -0.05) is 44.9 Å². The first-order valence-electron chi connectivity index (χ1n) is 9.03. The molecule has 1 aromatic rings. The van der Waals surface area contributed by atoms with E-state index in [9.17, 15) is 5.11 Å². The van der Waals surface area contributed by atoms with Gasteiger partial charge in [0.25, 0.3) is 0 Å². The lowest BCUT2D eigenvalue weighted by Crippen LogP contribution is -2.15. The van der Waals surface area contributed by atoms with Crippen molar-refractivity contribution in [3.05, 3.63) is 18.0 Å². The molecule has 1 unspecified atom stereocenters. The van der Waals surface area contributed by atoms with Gasteiger partial charge in [-0.3, -0.25) is 4.68 Å². The zero-order valence-electron chi connectivity index (χ0n) is 13.2. The van der Waals surface area contributed by atoms with Crippen molar-refractivity contribution in [2.24, 2.45) is 5.92 Å². The number of hydrogen-bond acceptors (Lipinski definition) is 2. The predicted molar refractivity (Wildman–Crippen MR) is 85.3 cm³/mol. The summed E-state index contributed by atoms with van der Waals surface area (Å²) in [5.41, 5.74) is 1.07. The molecule has 1 aromatic heterocycles. The Balaban J connectivity index is 1.44. The molecule has 2 aliphatic carbocycles. The van der Waals surface area contributed by atoms with Crippen LogP contribution in [-0.4, -0.2) is 21.0 Å². The topological polar surface area (TPSA) is 38.0 Å². The van der Waals surface area contributed by atoms with Gasteiger partial charge in [-0.2, -0.15) is 5.10 Å². The molecular formula is C18H30N2O. The lowest BCUT2D eigenvalue weighted by molar-refractivity contribution is 0.153. The summed E-state index contributed by atoms with van der Waals surface area (Å²) in [5.74, 6) is 0.874. The summed E-state index contributed by atoms with van der Waals surface area (Å²) in [6.07, 6.45) is 16.9. The summed E-state index contributed by atoms with van der Waals surface area (Å²) in [5, 5.41) is 14.9. The number of rotatable bonds is 6. The van der Waals surface area contributed by atoms with Crippen LogP contribution >= 0.6 is 0 Å². The maximum atomic E-state index is 10.2. The first-order valence-corrected chi connectivity index (χ1v) is 9.03. The molecule has 0 spiro atoms. The van der Waals surface area contributed by atoms with E-state index >= 15 is 0 Å². The molecule has 1 N–H and O–H groups in total. The molecule has 2 aliphatic rings. The van der Waals surface area contributed by atoms with E-state index in [2.05, 4.69) is 16.9 Å². The highest BCUT2D eigenvalue weighted by Crippen LogP contribution is 2.30. The molecule has 3 rings (SSSR count). The molecule has 2 fully saturated rings. The number of aromatic nitrogens is 2. The van der Waals surface area contributed by atoms with E-state index in [1.807, 2.05) is 0 Å². The van der Waals surface area contributed by atoms with Crippen molar-refractivity contribution in [1.29, 1.82) is 0 Å². The number of hydrogen-bond donors (Lipinski definition) is 1. The van der Waals surface area contributed by atoms with Crippen molar-refractivity contribution in [2.75, 3.05) is 0 Å². The normalized spacial score (nSPS) is 22.7. The maximum Gasteiger partial charge on any atom is 0.0650 e. The Morgan fingerprint density at radius 1 is 1.10 bits per heavy atom. The summed E-state index contributed by atoms with van der Waals surface area (Å²) in [7, 11) is 0. The van der Waals surface area contributed by atoms with Crippen molar-refractivity contribution < 1.29 is 5.11 Å². The van der Waals surface area contributed by atoms with Crippen LogP contribution in [-0.2, 0) is 6.42 Å². The van der Waals surface area contributed by atoms with E-state index in [0.29, 0.717) is 6.04 Å². The van der Waals surface area contributed by atoms with E-state index < -0.39 is 0 Å². The molecular weight excluding hydrogens is 260 g/mol. The highest BCUT2D eigenvalue weighted by molar-refractivity contribution is 5.01. The predicted octanol–water partition coefficient (Wildman–Crippen LogP) is 4.26. The second-order valence-electron chi connectivity index (χ2n) is 7.16. The van der Waals surface area contributed by atoms with Gasteiger partial charge in [0.05, 0.1) is 17.8 Å². The fraction of sp³-hybridized carbons (Fsp3) is 0.833. The van der Waals surface area contributed by atoms with Crippen LogP contribution in [0.4, 0.5) is 0 Å². The average Bonchev–Trinajstić information content (AvgIpc) is 3.17. The zero-order valence-corrected chi connectivity index (χ0v) is 13.2. The van der Waals surface area contributed by atoms with Crippen LogP contribution in [0.1, 0.15) is 82.4 Å². The van der Waals surface area contributed by atoms with Crippen molar-refractivity contribution in [2.45, 2.75) is 89.2 Å². The Hall–Kier alpha value is -0.830. The van der Waals surface area contributed by atoms with Gasteiger partial charge in [-0.15, -0.1) is 0 Å². The molecule has 3 nitrogen and oxygen atoms in total. The molecule has 1 atom stereocenters. The lowest BCUT2D eigenvalue weighted by atomic mass is 9.96. The Kier molecular flexibility index (Phi) is 5.34. The summed E-state index contributed by atoms with van der Waals surface area (Å²) in [6.45, 7) is 0. The third-order valence-electron chi connectivity index (χ3n) is 5.44. The first-order chi connectivity index (χ1) is 10.3. The molecule has 3 heteroatoms. The van der Waals surface area contributed by atoms with Gasteiger partial charge < -0.3 is 5.11 Å². The second-order valence-corrected chi connectivity index (χ2v) is 7.16. The van der Waals surface area contributed by atoms with Gasteiger partial charge in [0.1, 0.15) is 0 Å². The summed E-state index contributed by atoms with van der Waals surface area (Å²) in [4.78, 5) is 0. The van der Waals surface area contributed by atoms with Crippen LogP contribution in [0.5, 0.6) is 0 Å². The van der Waals surface area contributed by atoms with Crippen LogP contribution in [0.25, 0.3) is 0 Å². The van der Waals surface area contributed by atoms with Crippen molar-refractivity contribution in [3.63, 3.8) is 0 Å². The van der Waals surface area contributed by atoms with Crippen LogP contribution in [0.3, 0.4) is 0 Å². The molecule has 0 amide bonds. The van der Waals surface area contributed by atoms with E-state index in [0.717, 1.165) is 24.5 Å². The highest BCUT2D eigenvalue weighted by Gasteiger charge is 2.19. The average molecular weight is 290 g/mol. The van der Waals surface area contributed by atoms with Gasteiger partial charge >= 0.3 is 0 Å². The molecule has 0 bridgehead atoms. The summed E-state index contributed by atoms with van der Waals surface area (Å²) in [6, 6.07) is 2.70. The minimum absolute atomic E-state index is 0.208. The second kappa shape index (κ2) is 7.44. The number of aliphatic hydroxyl groups excluding tert-OH is 1. The van der Waals surface area contributed by atoms with Gasteiger partial charge in [0, 0.05) is 12.6 Å². The third kappa shape index (κ3) is 4.32. The van der Waals surface area contributed by atoms with Crippen LogP contribution < -0.4 is 0 Å². The Bertz CT molecular complexity index is 417. The molecule has 118 valence electrons. The fourth-order valence-corrected chi connectivity index (χ4v) is 4.11. The van der Waals surface area contributed by atoms with Crippen molar-refractivity contribution in [3.8, 4) is 0 Å². The maximum absolute atomic E-state index is 10.2. The smallest absolute Gasteiger partial charge is 0.0650 e. The van der Waals surface area contributed by atoms with E-state index in [1.54, 1.807) is 0 Å². The molecule has 0 saturated heterocycles. The number of nitrogens with zero attached hydrogens (tertiary/aromatic N) is 2. The zero-order chi connectivity index (χ0) is 14.5. The Morgan fingerprint density at radius 3 is 2.57 bits per heavy atom. The highest BCUT2D eigenvalue weighted by atomic mass is 16.3. The summed E-state index contributed by atoms with van der Waals surface area (Å²) < 4.78 is 2.15. The molecule has 21 heavy (non-hydrogen) atoms. The van der Waals surface area contributed by atoms with E-state index in [1.165, 1.54) is 64.2 Å². The molecule has 0 radical (unpaired) electrons. The van der Waals surface area contributed by atoms with E-state index in [-0.39, 0.29) is 6.10 Å². The van der Waals surface area contributed by atoms with Gasteiger partial charge in [0.2, 0.25) is 0 Å². The molecule has 2 saturated carbocycles. The van der Waals surface area contributed by atoms with E-state index in [4.69, 9.17) is 5.10 Å². The standard InChI is InChI=1S/C18H30N2O/c21-18(11-10-15-6-4-5-7-15)14-16-12-13-20(19-16)17-8-2-1-3-9-17/h12-13,15,17-18,21H,1-11,14H2. The van der Waals surface area contributed by atoms with Crippen LogP contribution in [0.2, 0.25) is 0 Å². The molecule has 0 aromatic carbocycles. The quantitative estimate of drug-likeness (QED) is 0.850. The van der Waals surface area contributed by atoms with Gasteiger partial charge in [-0.25, -0.2) is 0 Å². The Morgan fingerprint density at radius 2 is 1.81 bits per heavy atom. The number of aliphatic hydroxyl groups is 1. The molecule has 1 heterocycles. The minimum atomic E-state index is -0.208. The molecule has 0 aliphatic heterocycles. The third-order valence-corrected chi connectivity index (χ3v) is 5.44. The summed E-state index contributed by atoms with van der Waals surface area (Å²) >= 11 is 0. The fourth-order valence-electron chi connectivity index (χ4n) is 4.11. The van der Waals surface area contributed by atoms with Gasteiger partial charge in [-0.05, 0) is 37.7 Å².